The summed E-state index contributed by atoms with van der Waals surface area (Å²) in [5, 5.41) is 4.73. The van der Waals surface area contributed by atoms with Crippen molar-refractivity contribution in [1.29, 1.82) is 0 Å². The maximum atomic E-state index is 4.69. The first-order valence-corrected chi connectivity index (χ1v) is 7.00. The monoisotopic (exact) mass is 252 g/mol. The van der Waals surface area contributed by atoms with Gasteiger partial charge in [-0.05, 0) is 26.8 Å². The molecule has 2 nitrogen and oxygen atoms in total. The number of nitrogens with one attached hydrogen (secondary N) is 1. The van der Waals surface area contributed by atoms with Crippen LogP contribution in [0.25, 0.3) is 0 Å². The number of hydrogen-bond donors (Lipinski definition) is 1. The molecule has 1 heterocycles. The number of nitrogens with zero attached hydrogens (tertiary/aromatic N) is 1. The van der Waals surface area contributed by atoms with Crippen molar-refractivity contribution in [3.05, 3.63) is 28.2 Å². The Bertz CT molecular complexity index is 374. The first-order valence-electron chi connectivity index (χ1n) is 6.18. The molecular weight excluding hydrogens is 228 g/mol. The lowest BCUT2D eigenvalue weighted by Crippen LogP contribution is -2.19. The average Bonchev–Trinajstić information content (AvgIpc) is 2.60. The highest BCUT2D eigenvalue weighted by Gasteiger charge is 2.21. The SMILES string of the molecule is C=CCCNC(C)c1sc(C(C)(C)C)nc1C. The minimum absolute atomic E-state index is 0.147. The smallest absolute Gasteiger partial charge is 0.0985 e. The van der Waals surface area contributed by atoms with Crippen LogP contribution >= 0.6 is 11.3 Å². The predicted octanol–water partition coefficient (Wildman–Crippen LogP) is 3.98. The summed E-state index contributed by atoms with van der Waals surface area (Å²) < 4.78 is 0. The first kappa shape index (κ1) is 14.4. The van der Waals surface area contributed by atoms with Gasteiger partial charge in [-0.1, -0.05) is 26.8 Å². The van der Waals surface area contributed by atoms with E-state index < -0.39 is 0 Å². The Morgan fingerprint density at radius 1 is 1.47 bits per heavy atom. The van der Waals surface area contributed by atoms with Crippen molar-refractivity contribution in [3.8, 4) is 0 Å². The van der Waals surface area contributed by atoms with E-state index in [0.717, 1.165) is 13.0 Å². The van der Waals surface area contributed by atoms with Gasteiger partial charge in [0.1, 0.15) is 0 Å². The summed E-state index contributed by atoms with van der Waals surface area (Å²) in [6.07, 6.45) is 2.95. The van der Waals surface area contributed by atoms with E-state index in [-0.39, 0.29) is 5.41 Å². The highest BCUT2D eigenvalue weighted by molar-refractivity contribution is 7.12. The van der Waals surface area contributed by atoms with Crippen LogP contribution in [0.1, 0.15) is 55.7 Å². The average molecular weight is 252 g/mol. The van der Waals surface area contributed by atoms with Crippen LogP contribution in [0.15, 0.2) is 12.7 Å². The van der Waals surface area contributed by atoms with Crippen LogP contribution in [0.3, 0.4) is 0 Å². The number of aryl methyl sites for hydroxylation is 1. The lowest BCUT2D eigenvalue weighted by molar-refractivity contribution is 0.581. The molecule has 1 N–H and O–H groups in total. The van der Waals surface area contributed by atoms with Crippen LogP contribution in [0.4, 0.5) is 0 Å². The van der Waals surface area contributed by atoms with Gasteiger partial charge in [0.15, 0.2) is 0 Å². The van der Waals surface area contributed by atoms with E-state index in [0.29, 0.717) is 6.04 Å². The second-order valence-electron chi connectivity index (χ2n) is 5.47. The second kappa shape index (κ2) is 5.78. The summed E-state index contributed by atoms with van der Waals surface area (Å²) in [6.45, 7) is 15.7. The van der Waals surface area contributed by atoms with Gasteiger partial charge in [-0.2, -0.15) is 0 Å². The molecular formula is C14H24N2S. The Labute approximate surface area is 109 Å². The number of aromatic nitrogens is 1. The van der Waals surface area contributed by atoms with Gasteiger partial charge in [-0.3, -0.25) is 0 Å². The maximum Gasteiger partial charge on any atom is 0.0985 e. The Hall–Kier alpha value is -0.670. The van der Waals surface area contributed by atoms with Crippen molar-refractivity contribution in [2.75, 3.05) is 6.54 Å². The van der Waals surface area contributed by atoms with Crippen LogP contribution in [0, 0.1) is 6.92 Å². The highest BCUT2D eigenvalue weighted by Crippen LogP contribution is 2.32. The van der Waals surface area contributed by atoms with Crippen LogP contribution < -0.4 is 5.32 Å². The molecule has 1 aromatic rings. The highest BCUT2D eigenvalue weighted by atomic mass is 32.1. The summed E-state index contributed by atoms with van der Waals surface area (Å²) in [6, 6.07) is 0.378. The van der Waals surface area contributed by atoms with Gasteiger partial charge >= 0.3 is 0 Å². The van der Waals surface area contributed by atoms with E-state index in [1.807, 2.05) is 17.4 Å². The van der Waals surface area contributed by atoms with E-state index in [9.17, 15) is 0 Å². The van der Waals surface area contributed by atoms with E-state index in [1.165, 1.54) is 15.6 Å². The molecule has 0 amide bonds. The van der Waals surface area contributed by atoms with Crippen molar-refractivity contribution in [1.82, 2.24) is 10.3 Å². The normalized spacial score (nSPS) is 13.7. The lowest BCUT2D eigenvalue weighted by atomic mass is 9.98. The second-order valence-corrected chi connectivity index (χ2v) is 6.50. The van der Waals surface area contributed by atoms with Crippen molar-refractivity contribution < 1.29 is 0 Å². The fraction of sp³-hybridized carbons (Fsp3) is 0.643. The molecule has 0 aromatic carbocycles. The van der Waals surface area contributed by atoms with Gasteiger partial charge in [0, 0.05) is 16.3 Å². The Balaban J connectivity index is 2.77. The molecule has 0 spiro atoms. The lowest BCUT2D eigenvalue weighted by Gasteiger charge is -2.14. The third kappa shape index (κ3) is 3.93. The topological polar surface area (TPSA) is 24.9 Å². The third-order valence-electron chi connectivity index (χ3n) is 2.67. The molecule has 1 unspecified atom stereocenters. The van der Waals surface area contributed by atoms with E-state index in [2.05, 4.69) is 51.5 Å². The first-order chi connectivity index (χ1) is 7.86. The Morgan fingerprint density at radius 3 is 2.59 bits per heavy atom. The van der Waals surface area contributed by atoms with Crippen LogP contribution in [-0.4, -0.2) is 11.5 Å². The predicted molar refractivity (Wildman–Crippen MR) is 76.8 cm³/mol. The van der Waals surface area contributed by atoms with E-state index >= 15 is 0 Å². The summed E-state index contributed by atoms with van der Waals surface area (Å²) in [5.41, 5.74) is 1.31. The Kier molecular flexibility index (Phi) is 4.90. The Morgan fingerprint density at radius 2 is 2.12 bits per heavy atom. The van der Waals surface area contributed by atoms with Crippen molar-refractivity contribution in [2.24, 2.45) is 0 Å². The standard InChI is InChI=1S/C14H24N2S/c1-7-8-9-15-10(2)12-11(3)16-13(17-12)14(4,5)6/h7,10,15H,1,8-9H2,2-6H3. The molecule has 1 atom stereocenters. The fourth-order valence-corrected chi connectivity index (χ4v) is 2.78. The number of hydrogen-bond acceptors (Lipinski definition) is 3. The zero-order valence-corrected chi connectivity index (χ0v) is 12.4. The molecule has 0 saturated carbocycles. The molecule has 0 fully saturated rings. The fourth-order valence-electron chi connectivity index (χ4n) is 1.63. The van der Waals surface area contributed by atoms with Gasteiger partial charge in [-0.15, -0.1) is 17.9 Å². The summed E-state index contributed by atoms with van der Waals surface area (Å²) in [7, 11) is 0. The molecule has 0 aliphatic heterocycles. The van der Waals surface area contributed by atoms with Crippen molar-refractivity contribution >= 4 is 11.3 Å². The largest absolute Gasteiger partial charge is 0.309 e. The summed E-state index contributed by atoms with van der Waals surface area (Å²) in [4.78, 5) is 6.05. The van der Waals surface area contributed by atoms with Crippen LogP contribution in [0.2, 0.25) is 0 Å². The molecule has 0 aliphatic rings. The number of thiazole rings is 1. The zero-order chi connectivity index (χ0) is 13.1. The third-order valence-corrected chi connectivity index (χ3v) is 4.43. The van der Waals surface area contributed by atoms with Gasteiger partial charge < -0.3 is 5.32 Å². The van der Waals surface area contributed by atoms with Crippen molar-refractivity contribution in [3.63, 3.8) is 0 Å². The minimum atomic E-state index is 0.147. The molecule has 1 aromatic heterocycles. The molecule has 0 radical (unpaired) electrons. The molecule has 0 bridgehead atoms. The molecule has 0 aliphatic carbocycles. The van der Waals surface area contributed by atoms with Crippen LogP contribution in [-0.2, 0) is 5.41 Å². The molecule has 96 valence electrons. The summed E-state index contributed by atoms with van der Waals surface area (Å²) in [5.74, 6) is 0. The number of rotatable bonds is 5. The van der Waals surface area contributed by atoms with Gasteiger partial charge in [0.25, 0.3) is 0 Å². The summed E-state index contributed by atoms with van der Waals surface area (Å²) >= 11 is 1.83. The minimum Gasteiger partial charge on any atom is -0.309 e. The van der Waals surface area contributed by atoms with E-state index in [1.54, 1.807) is 0 Å². The zero-order valence-electron chi connectivity index (χ0n) is 11.6. The molecule has 1 rings (SSSR count). The molecule has 0 saturated heterocycles. The molecule has 17 heavy (non-hydrogen) atoms. The maximum absolute atomic E-state index is 4.69. The van der Waals surface area contributed by atoms with Crippen molar-refractivity contribution in [2.45, 2.75) is 52.5 Å². The quantitative estimate of drug-likeness (QED) is 0.633. The van der Waals surface area contributed by atoms with Gasteiger partial charge in [0.2, 0.25) is 0 Å². The van der Waals surface area contributed by atoms with Crippen LogP contribution in [0.5, 0.6) is 0 Å². The molecule has 3 heteroatoms. The van der Waals surface area contributed by atoms with E-state index in [4.69, 9.17) is 0 Å². The van der Waals surface area contributed by atoms with Gasteiger partial charge in [-0.25, -0.2) is 4.98 Å². The van der Waals surface area contributed by atoms with Gasteiger partial charge in [0.05, 0.1) is 10.7 Å².